The van der Waals surface area contributed by atoms with Gasteiger partial charge in [0.1, 0.15) is 11.6 Å². The Balaban J connectivity index is 1.76. The lowest BCUT2D eigenvalue weighted by atomic mass is 10.2. The number of likely N-dealkylation sites (tertiary alicyclic amines) is 1. The van der Waals surface area contributed by atoms with E-state index < -0.39 is 5.82 Å². The Hall–Kier alpha value is -1.86. The molecule has 0 radical (unpaired) electrons. The molecular formula is C15H18ClFN2O4. The molecule has 1 atom stereocenters. The fraction of sp³-hybridized carbons (Fsp3) is 0.467. The van der Waals surface area contributed by atoms with Crippen LogP contribution in [0.3, 0.4) is 0 Å². The maximum Gasteiger partial charge on any atom is 0.258 e. The molecule has 1 fully saturated rings. The normalized spacial score (nSPS) is 17.4. The zero-order valence-corrected chi connectivity index (χ0v) is 13.4. The quantitative estimate of drug-likeness (QED) is 0.807. The molecule has 1 heterocycles. The van der Waals surface area contributed by atoms with E-state index in [1.54, 1.807) is 12.0 Å². The third kappa shape index (κ3) is 5.07. The van der Waals surface area contributed by atoms with Crippen LogP contribution in [0.15, 0.2) is 18.2 Å². The highest BCUT2D eigenvalue weighted by Crippen LogP contribution is 2.21. The number of hydrogen-bond acceptors (Lipinski definition) is 4. The molecule has 8 heteroatoms. The number of nitrogens with one attached hydrogen (secondary N) is 1. The van der Waals surface area contributed by atoms with Crippen LogP contribution in [0.5, 0.6) is 5.75 Å². The number of ether oxygens (including phenoxy) is 2. The van der Waals surface area contributed by atoms with Crippen molar-refractivity contribution in [2.24, 2.45) is 0 Å². The lowest BCUT2D eigenvalue weighted by Gasteiger charge is -2.16. The highest BCUT2D eigenvalue weighted by Gasteiger charge is 2.30. The van der Waals surface area contributed by atoms with Gasteiger partial charge in [0.15, 0.2) is 6.61 Å². The number of rotatable bonds is 7. The van der Waals surface area contributed by atoms with Crippen LogP contribution in [0, 0.1) is 5.82 Å². The number of halogens is 2. The summed E-state index contributed by atoms with van der Waals surface area (Å²) in [5.74, 6) is -0.615. The molecule has 1 unspecified atom stereocenters. The van der Waals surface area contributed by atoms with Gasteiger partial charge in [0, 0.05) is 32.7 Å². The second-order valence-corrected chi connectivity index (χ2v) is 5.57. The Morgan fingerprint density at radius 2 is 2.30 bits per heavy atom. The SMILES string of the molecule is COCCN1CC(NC(=O)COc2ccc(F)c(Cl)c2)CC1=O. The van der Waals surface area contributed by atoms with E-state index in [9.17, 15) is 14.0 Å². The number of carbonyl (C=O) groups is 2. The molecule has 1 aliphatic heterocycles. The van der Waals surface area contributed by atoms with Gasteiger partial charge in [-0.05, 0) is 12.1 Å². The Morgan fingerprint density at radius 1 is 1.52 bits per heavy atom. The van der Waals surface area contributed by atoms with Crippen molar-refractivity contribution in [3.8, 4) is 5.75 Å². The van der Waals surface area contributed by atoms with Crippen molar-refractivity contribution in [3.05, 3.63) is 29.0 Å². The second kappa shape index (κ2) is 8.12. The van der Waals surface area contributed by atoms with Gasteiger partial charge in [-0.15, -0.1) is 0 Å². The van der Waals surface area contributed by atoms with E-state index in [4.69, 9.17) is 21.1 Å². The summed E-state index contributed by atoms with van der Waals surface area (Å²) in [5.41, 5.74) is 0. The van der Waals surface area contributed by atoms with Crippen molar-refractivity contribution >= 4 is 23.4 Å². The van der Waals surface area contributed by atoms with Gasteiger partial charge in [-0.25, -0.2) is 4.39 Å². The average Bonchev–Trinajstić information content (AvgIpc) is 2.86. The zero-order chi connectivity index (χ0) is 16.8. The first-order valence-electron chi connectivity index (χ1n) is 7.13. The maximum atomic E-state index is 13.0. The largest absolute Gasteiger partial charge is 0.484 e. The molecule has 0 bridgehead atoms. The van der Waals surface area contributed by atoms with E-state index in [0.29, 0.717) is 25.4 Å². The predicted molar refractivity (Wildman–Crippen MR) is 81.9 cm³/mol. The minimum absolute atomic E-state index is 0.0152. The predicted octanol–water partition coefficient (Wildman–Crippen LogP) is 1.22. The van der Waals surface area contributed by atoms with Gasteiger partial charge in [-0.2, -0.15) is 0 Å². The van der Waals surface area contributed by atoms with Crippen LogP contribution in [0.4, 0.5) is 4.39 Å². The minimum atomic E-state index is -0.552. The highest BCUT2D eigenvalue weighted by molar-refractivity contribution is 6.30. The van der Waals surface area contributed by atoms with Crippen LogP contribution in [0.25, 0.3) is 0 Å². The number of amides is 2. The lowest BCUT2D eigenvalue weighted by Crippen LogP contribution is -2.40. The highest BCUT2D eigenvalue weighted by atomic mass is 35.5. The summed E-state index contributed by atoms with van der Waals surface area (Å²) in [6.45, 7) is 1.19. The van der Waals surface area contributed by atoms with E-state index in [1.807, 2.05) is 0 Å². The molecule has 1 aromatic carbocycles. The number of hydrogen-bond donors (Lipinski definition) is 1. The van der Waals surface area contributed by atoms with Crippen LogP contribution in [0.2, 0.25) is 5.02 Å². The molecule has 1 aromatic rings. The van der Waals surface area contributed by atoms with E-state index in [-0.39, 0.29) is 35.9 Å². The first kappa shape index (κ1) is 17.5. The number of nitrogens with zero attached hydrogens (tertiary/aromatic N) is 1. The zero-order valence-electron chi connectivity index (χ0n) is 12.7. The molecule has 0 saturated carbocycles. The van der Waals surface area contributed by atoms with Gasteiger partial charge in [-0.1, -0.05) is 11.6 Å². The van der Waals surface area contributed by atoms with Crippen molar-refractivity contribution in [1.29, 1.82) is 0 Å². The standard InChI is InChI=1S/C15H18ClFN2O4/c1-22-5-4-19-8-10(6-15(19)21)18-14(20)9-23-11-2-3-13(17)12(16)7-11/h2-3,7,10H,4-6,8-9H2,1H3,(H,18,20). The number of methoxy groups -OCH3 is 1. The molecule has 1 N–H and O–H groups in total. The molecule has 1 saturated heterocycles. The Bertz CT molecular complexity index is 585. The number of carbonyl (C=O) groups excluding carboxylic acids is 2. The summed E-state index contributed by atoms with van der Waals surface area (Å²) < 4.78 is 23.2. The van der Waals surface area contributed by atoms with Crippen LogP contribution >= 0.6 is 11.6 Å². The molecule has 2 amide bonds. The summed E-state index contributed by atoms with van der Waals surface area (Å²) in [6, 6.07) is 3.61. The monoisotopic (exact) mass is 344 g/mol. The molecule has 23 heavy (non-hydrogen) atoms. The van der Waals surface area contributed by atoms with Crippen molar-refractivity contribution in [2.75, 3.05) is 33.4 Å². The van der Waals surface area contributed by atoms with Crippen LogP contribution < -0.4 is 10.1 Å². The lowest BCUT2D eigenvalue weighted by molar-refractivity contribution is -0.128. The molecule has 0 spiro atoms. The van der Waals surface area contributed by atoms with Crippen molar-refractivity contribution in [3.63, 3.8) is 0 Å². The van der Waals surface area contributed by atoms with Gasteiger partial charge in [0.05, 0.1) is 17.7 Å². The average molecular weight is 345 g/mol. The summed E-state index contributed by atoms with van der Waals surface area (Å²) in [4.78, 5) is 25.3. The summed E-state index contributed by atoms with van der Waals surface area (Å²) in [5, 5.41) is 2.67. The Labute approximate surface area is 138 Å². The van der Waals surface area contributed by atoms with Crippen LogP contribution in [-0.2, 0) is 14.3 Å². The number of benzene rings is 1. The first-order valence-corrected chi connectivity index (χ1v) is 7.51. The van der Waals surface area contributed by atoms with Crippen molar-refractivity contribution in [1.82, 2.24) is 10.2 Å². The molecular weight excluding hydrogens is 327 g/mol. The summed E-state index contributed by atoms with van der Waals surface area (Å²) in [6.07, 6.45) is 0.262. The third-order valence-electron chi connectivity index (χ3n) is 3.41. The maximum absolute atomic E-state index is 13.0. The van der Waals surface area contributed by atoms with Gasteiger partial charge in [0.25, 0.3) is 5.91 Å². The second-order valence-electron chi connectivity index (χ2n) is 5.17. The molecule has 2 rings (SSSR count). The van der Waals surface area contributed by atoms with Crippen molar-refractivity contribution in [2.45, 2.75) is 12.5 Å². The van der Waals surface area contributed by atoms with Gasteiger partial charge in [0.2, 0.25) is 5.91 Å². The molecule has 6 nitrogen and oxygen atoms in total. The van der Waals surface area contributed by atoms with E-state index in [1.165, 1.54) is 18.2 Å². The molecule has 1 aliphatic rings. The summed E-state index contributed by atoms with van der Waals surface area (Å²) in [7, 11) is 1.57. The van der Waals surface area contributed by atoms with E-state index in [2.05, 4.69) is 5.32 Å². The smallest absolute Gasteiger partial charge is 0.258 e. The molecule has 0 aromatic heterocycles. The van der Waals surface area contributed by atoms with Crippen LogP contribution in [0.1, 0.15) is 6.42 Å². The Kier molecular flexibility index (Phi) is 6.18. The summed E-state index contributed by atoms with van der Waals surface area (Å²) >= 11 is 5.63. The Morgan fingerprint density at radius 3 is 3.00 bits per heavy atom. The molecule has 0 aliphatic carbocycles. The minimum Gasteiger partial charge on any atom is -0.484 e. The van der Waals surface area contributed by atoms with Crippen molar-refractivity contribution < 1.29 is 23.5 Å². The van der Waals surface area contributed by atoms with Crippen LogP contribution in [-0.4, -0.2) is 56.2 Å². The topological polar surface area (TPSA) is 67.9 Å². The molecule has 126 valence electrons. The fourth-order valence-electron chi connectivity index (χ4n) is 2.27. The van der Waals surface area contributed by atoms with Gasteiger partial charge < -0.3 is 19.7 Å². The fourth-order valence-corrected chi connectivity index (χ4v) is 2.44. The first-order chi connectivity index (χ1) is 11.0. The van der Waals surface area contributed by atoms with Gasteiger partial charge >= 0.3 is 0 Å². The van der Waals surface area contributed by atoms with Gasteiger partial charge in [-0.3, -0.25) is 9.59 Å². The van der Waals surface area contributed by atoms with E-state index >= 15 is 0 Å². The third-order valence-corrected chi connectivity index (χ3v) is 3.70. The van der Waals surface area contributed by atoms with E-state index in [0.717, 1.165) is 0 Å².